The first-order valence-corrected chi connectivity index (χ1v) is 4.85. The van der Waals surface area contributed by atoms with Crippen molar-refractivity contribution >= 4 is 0 Å². The van der Waals surface area contributed by atoms with Gasteiger partial charge in [0.1, 0.15) is 0 Å². The van der Waals surface area contributed by atoms with Gasteiger partial charge in [-0.15, -0.1) is 0 Å². The van der Waals surface area contributed by atoms with Crippen molar-refractivity contribution in [3.8, 4) is 0 Å². The fraction of sp³-hybridized carbons (Fsp3) is 0.800. The molecule has 0 aromatic carbocycles. The maximum absolute atomic E-state index is 5.59. The summed E-state index contributed by atoms with van der Waals surface area (Å²) < 4.78 is 0. The topological polar surface area (TPSA) is 38.0 Å². The van der Waals surface area contributed by atoms with Crippen molar-refractivity contribution in [3.05, 3.63) is 11.4 Å². The Balaban J connectivity index is 3.26. The smallest absolute Gasteiger partial charge is 0.0263 e. The fourth-order valence-electron chi connectivity index (χ4n) is 0.967. The summed E-state index contributed by atoms with van der Waals surface area (Å²) in [4.78, 5) is 0. The zero-order valence-corrected chi connectivity index (χ0v) is 8.61. The third kappa shape index (κ3) is 6.08. The maximum atomic E-state index is 5.59. The van der Waals surface area contributed by atoms with E-state index in [2.05, 4.69) is 12.2 Å². The van der Waals surface area contributed by atoms with E-state index in [1.165, 1.54) is 25.7 Å². The van der Waals surface area contributed by atoms with Crippen molar-refractivity contribution in [2.45, 2.75) is 46.5 Å². The van der Waals surface area contributed by atoms with Gasteiger partial charge in [-0.1, -0.05) is 26.2 Å². The first-order valence-electron chi connectivity index (χ1n) is 4.85. The normalized spacial score (nSPS) is 12.6. The van der Waals surface area contributed by atoms with Gasteiger partial charge in [0.25, 0.3) is 0 Å². The van der Waals surface area contributed by atoms with Gasteiger partial charge in [0, 0.05) is 17.9 Å². The van der Waals surface area contributed by atoms with Crippen molar-refractivity contribution in [2.24, 2.45) is 5.73 Å². The largest absolute Gasteiger partial charge is 0.401 e. The highest BCUT2D eigenvalue weighted by molar-refractivity contribution is 5.02. The van der Waals surface area contributed by atoms with E-state index in [4.69, 9.17) is 5.73 Å². The molecule has 0 spiro atoms. The summed E-state index contributed by atoms with van der Waals surface area (Å²) in [6, 6.07) is 0. The standard InChI is InChI=1S/C10H22N2/c1-4-5-6-7-8-12-10(3)9(2)11/h12H,4-8,11H2,1-3H3/b10-9-. The lowest BCUT2D eigenvalue weighted by Crippen LogP contribution is -2.16. The summed E-state index contributed by atoms with van der Waals surface area (Å²) in [5.74, 6) is 0. The molecule has 0 rings (SSSR count). The van der Waals surface area contributed by atoms with Gasteiger partial charge in [-0.05, 0) is 20.3 Å². The van der Waals surface area contributed by atoms with Crippen molar-refractivity contribution in [3.63, 3.8) is 0 Å². The van der Waals surface area contributed by atoms with E-state index in [9.17, 15) is 0 Å². The Labute approximate surface area is 76.2 Å². The summed E-state index contributed by atoms with van der Waals surface area (Å²) >= 11 is 0. The first kappa shape index (κ1) is 11.3. The third-order valence-corrected chi connectivity index (χ3v) is 2.01. The molecule has 0 atom stereocenters. The van der Waals surface area contributed by atoms with E-state index in [0.29, 0.717) is 0 Å². The lowest BCUT2D eigenvalue weighted by Gasteiger charge is -2.07. The molecule has 12 heavy (non-hydrogen) atoms. The lowest BCUT2D eigenvalue weighted by atomic mass is 10.2. The number of nitrogens with one attached hydrogen (secondary N) is 1. The summed E-state index contributed by atoms with van der Waals surface area (Å²) in [5.41, 5.74) is 7.61. The average Bonchev–Trinajstić information content (AvgIpc) is 2.03. The van der Waals surface area contributed by atoms with Crippen molar-refractivity contribution < 1.29 is 0 Å². The minimum atomic E-state index is 0.894. The van der Waals surface area contributed by atoms with Crippen LogP contribution in [0.1, 0.15) is 46.5 Å². The van der Waals surface area contributed by atoms with E-state index >= 15 is 0 Å². The second kappa shape index (κ2) is 7.01. The molecule has 0 heterocycles. The van der Waals surface area contributed by atoms with Crippen molar-refractivity contribution in [1.29, 1.82) is 0 Å². The van der Waals surface area contributed by atoms with Crippen LogP contribution in [0, 0.1) is 0 Å². The molecule has 0 aliphatic carbocycles. The Morgan fingerprint density at radius 1 is 1.17 bits per heavy atom. The van der Waals surface area contributed by atoms with E-state index in [1.807, 2.05) is 13.8 Å². The summed E-state index contributed by atoms with van der Waals surface area (Å²) in [7, 11) is 0. The van der Waals surface area contributed by atoms with Gasteiger partial charge < -0.3 is 11.1 Å². The summed E-state index contributed by atoms with van der Waals surface area (Å²) in [6.07, 6.45) is 5.20. The van der Waals surface area contributed by atoms with Gasteiger partial charge in [0.15, 0.2) is 0 Å². The SMILES string of the molecule is CCCCCCN/C(C)=C(/C)N. The molecule has 0 fully saturated rings. The van der Waals surface area contributed by atoms with Gasteiger partial charge in [-0.25, -0.2) is 0 Å². The number of hydrogen-bond acceptors (Lipinski definition) is 2. The molecule has 0 amide bonds. The summed E-state index contributed by atoms with van der Waals surface area (Å²) in [6.45, 7) is 7.23. The van der Waals surface area contributed by atoms with Gasteiger partial charge in [0.05, 0.1) is 0 Å². The quantitative estimate of drug-likeness (QED) is 0.601. The molecule has 72 valence electrons. The molecule has 0 aliphatic heterocycles. The van der Waals surface area contributed by atoms with Crippen molar-refractivity contribution in [1.82, 2.24) is 5.32 Å². The highest BCUT2D eigenvalue weighted by atomic mass is 14.9. The highest BCUT2D eigenvalue weighted by Gasteiger charge is 1.91. The van der Waals surface area contributed by atoms with E-state index in [1.54, 1.807) is 0 Å². The Morgan fingerprint density at radius 2 is 1.83 bits per heavy atom. The van der Waals surface area contributed by atoms with Crippen LogP contribution in [0.15, 0.2) is 11.4 Å². The molecule has 2 nitrogen and oxygen atoms in total. The number of hydrogen-bond donors (Lipinski definition) is 2. The Morgan fingerprint density at radius 3 is 2.33 bits per heavy atom. The zero-order valence-electron chi connectivity index (χ0n) is 8.61. The van der Waals surface area contributed by atoms with Crippen LogP contribution < -0.4 is 11.1 Å². The monoisotopic (exact) mass is 170 g/mol. The Kier molecular flexibility index (Phi) is 6.63. The molecule has 0 saturated heterocycles. The molecule has 0 unspecified atom stereocenters. The minimum Gasteiger partial charge on any atom is -0.401 e. The van der Waals surface area contributed by atoms with Crippen LogP contribution in [0.2, 0.25) is 0 Å². The van der Waals surface area contributed by atoms with Gasteiger partial charge >= 0.3 is 0 Å². The van der Waals surface area contributed by atoms with Gasteiger partial charge in [-0.3, -0.25) is 0 Å². The van der Waals surface area contributed by atoms with E-state index in [0.717, 1.165) is 17.9 Å². The molecule has 0 aliphatic rings. The van der Waals surface area contributed by atoms with Crippen LogP contribution in [0.4, 0.5) is 0 Å². The number of allylic oxidation sites excluding steroid dienone is 2. The minimum absolute atomic E-state index is 0.894. The Bertz CT molecular complexity index is 135. The molecule has 0 bridgehead atoms. The molecule has 0 aromatic rings. The maximum Gasteiger partial charge on any atom is 0.0263 e. The van der Waals surface area contributed by atoms with Gasteiger partial charge in [-0.2, -0.15) is 0 Å². The van der Waals surface area contributed by atoms with Crippen LogP contribution >= 0.6 is 0 Å². The molecule has 0 radical (unpaired) electrons. The molecular weight excluding hydrogens is 148 g/mol. The molecule has 0 saturated carbocycles. The highest BCUT2D eigenvalue weighted by Crippen LogP contribution is 1.98. The lowest BCUT2D eigenvalue weighted by molar-refractivity contribution is 0.633. The van der Waals surface area contributed by atoms with Crippen LogP contribution in [-0.4, -0.2) is 6.54 Å². The van der Waals surface area contributed by atoms with E-state index < -0.39 is 0 Å². The Hall–Kier alpha value is -0.660. The summed E-state index contributed by atoms with van der Waals surface area (Å²) in [5, 5.41) is 3.30. The molecule has 0 aromatic heterocycles. The predicted molar refractivity (Wildman–Crippen MR) is 54.7 cm³/mol. The second-order valence-corrected chi connectivity index (χ2v) is 3.30. The van der Waals surface area contributed by atoms with E-state index in [-0.39, 0.29) is 0 Å². The second-order valence-electron chi connectivity index (χ2n) is 3.30. The molecular formula is C10H22N2. The molecule has 2 heteroatoms. The first-order chi connectivity index (χ1) is 5.68. The average molecular weight is 170 g/mol. The fourth-order valence-corrected chi connectivity index (χ4v) is 0.967. The molecule has 3 N–H and O–H groups in total. The third-order valence-electron chi connectivity index (χ3n) is 2.01. The van der Waals surface area contributed by atoms with Crippen molar-refractivity contribution in [2.75, 3.05) is 6.54 Å². The van der Waals surface area contributed by atoms with Gasteiger partial charge in [0.2, 0.25) is 0 Å². The number of unbranched alkanes of at least 4 members (excludes halogenated alkanes) is 3. The van der Waals surface area contributed by atoms with Crippen LogP contribution in [-0.2, 0) is 0 Å². The van der Waals surface area contributed by atoms with Crippen LogP contribution in [0.3, 0.4) is 0 Å². The predicted octanol–water partition coefficient (Wildman–Crippen LogP) is 2.37. The number of nitrogens with two attached hydrogens (primary N) is 1. The van der Waals surface area contributed by atoms with Crippen LogP contribution in [0.25, 0.3) is 0 Å². The number of rotatable bonds is 6. The van der Waals surface area contributed by atoms with Crippen LogP contribution in [0.5, 0.6) is 0 Å². The zero-order chi connectivity index (χ0) is 9.40.